The predicted octanol–water partition coefficient (Wildman–Crippen LogP) is 3.16. The molecule has 0 aromatic rings. The van der Waals surface area contributed by atoms with Crippen LogP contribution in [0.4, 0.5) is 0 Å². The number of unbranched alkanes of at least 4 members (excludes halogenated alkanes) is 4. The molecule has 0 aliphatic rings. The van der Waals surface area contributed by atoms with Gasteiger partial charge in [0, 0.05) is 25.3 Å². The minimum atomic E-state index is -0.863. The van der Waals surface area contributed by atoms with E-state index in [1.807, 2.05) is 0 Å². The normalized spacial score (nSPS) is 11.4. The average molecular weight is 749 g/mol. The number of esters is 1. The van der Waals surface area contributed by atoms with Crippen molar-refractivity contribution >= 4 is 23.5 Å². The number of hydrogen-bond donors (Lipinski definition) is 1. The molecule has 0 radical (unpaired) electrons. The van der Waals surface area contributed by atoms with E-state index in [9.17, 15) is 9.59 Å². The highest BCUT2D eigenvalue weighted by Gasteiger charge is 2.04. The second kappa shape index (κ2) is 44.0. The highest BCUT2D eigenvalue weighted by molar-refractivity contribution is 6.17. The number of carboxylic acid groups (broad SMARTS) is 1. The van der Waals surface area contributed by atoms with Crippen LogP contribution in [-0.2, 0) is 66.4 Å². The largest absolute Gasteiger partial charge is 0.481 e. The van der Waals surface area contributed by atoms with Crippen molar-refractivity contribution < 1.29 is 71.5 Å². The summed E-state index contributed by atoms with van der Waals surface area (Å²) in [5.74, 6) is -0.473. The van der Waals surface area contributed by atoms with Gasteiger partial charge in [-0.15, -0.1) is 11.6 Å². The number of carbonyl (C=O) groups excluding carboxylic acids is 1. The first-order chi connectivity index (χ1) is 24.7. The van der Waals surface area contributed by atoms with Crippen LogP contribution in [0.15, 0.2) is 0 Å². The quantitative estimate of drug-likeness (QED) is 0.0549. The van der Waals surface area contributed by atoms with Gasteiger partial charge >= 0.3 is 11.9 Å². The zero-order chi connectivity index (χ0) is 36.3. The molecule has 0 amide bonds. The van der Waals surface area contributed by atoms with Crippen molar-refractivity contribution in [3.63, 3.8) is 0 Å². The first-order valence-electron chi connectivity index (χ1n) is 17.9. The zero-order valence-electron chi connectivity index (χ0n) is 30.2. The lowest BCUT2D eigenvalue weighted by atomic mass is 10.2. The van der Waals surface area contributed by atoms with Gasteiger partial charge < -0.3 is 61.9 Å². The molecule has 0 heterocycles. The molecule has 0 aromatic heterocycles. The lowest BCUT2D eigenvalue weighted by Crippen LogP contribution is -2.15. The maximum atomic E-state index is 11.5. The van der Waals surface area contributed by atoms with Crippen molar-refractivity contribution in [2.24, 2.45) is 0 Å². The Balaban J connectivity index is 3.09. The van der Waals surface area contributed by atoms with Crippen LogP contribution in [0, 0.1) is 0 Å². The third kappa shape index (κ3) is 44.8. The predicted molar refractivity (Wildman–Crippen MR) is 185 cm³/mol. The molecule has 0 aromatic carbocycles. The number of rotatable bonds is 44. The Morgan fingerprint density at radius 3 is 0.940 bits per heavy atom. The molecule has 0 fully saturated rings. The molecule has 0 bridgehead atoms. The number of alkyl halides is 1. The zero-order valence-corrected chi connectivity index (χ0v) is 30.9. The summed E-state index contributed by atoms with van der Waals surface area (Å²) in [6.45, 7) is 11.1. The molecule has 0 saturated heterocycles. The van der Waals surface area contributed by atoms with Crippen LogP contribution in [0.3, 0.4) is 0 Å². The summed E-state index contributed by atoms with van der Waals surface area (Å²) in [5, 5.41) is 8.55. The van der Waals surface area contributed by atoms with E-state index in [0.29, 0.717) is 145 Å². The number of carboxylic acids is 1. The van der Waals surface area contributed by atoms with Gasteiger partial charge in [0.25, 0.3) is 0 Å². The van der Waals surface area contributed by atoms with E-state index in [4.69, 9.17) is 73.5 Å². The van der Waals surface area contributed by atoms with Crippen molar-refractivity contribution in [1.82, 2.24) is 0 Å². The van der Waals surface area contributed by atoms with Crippen LogP contribution >= 0.6 is 11.6 Å². The molecule has 0 unspecified atom stereocenters. The van der Waals surface area contributed by atoms with Gasteiger partial charge in [-0.1, -0.05) is 12.8 Å². The molecule has 15 nitrogen and oxygen atoms in total. The van der Waals surface area contributed by atoms with E-state index in [1.165, 1.54) is 0 Å². The molecule has 16 heteroatoms. The Morgan fingerprint density at radius 2 is 0.620 bits per heavy atom. The third-order valence-electron chi connectivity index (χ3n) is 6.40. The van der Waals surface area contributed by atoms with Gasteiger partial charge in [-0.05, 0) is 25.7 Å². The summed E-state index contributed by atoms with van der Waals surface area (Å²) in [7, 11) is 0. The standard InChI is InChI=1S/C34H65ClO15/c35-9-5-1-2-6-10-39-11-12-40-13-14-41-15-16-42-17-18-43-19-20-44-21-22-45-23-24-46-25-26-47-27-28-48-29-30-49-31-32-50-34(38)8-4-3-7-33(36)37/h1-32H2,(H,36,37). The Bertz CT molecular complexity index is 693. The van der Waals surface area contributed by atoms with Gasteiger partial charge in [0.2, 0.25) is 0 Å². The van der Waals surface area contributed by atoms with E-state index >= 15 is 0 Å². The number of hydrogen-bond acceptors (Lipinski definition) is 14. The Kier molecular flexibility index (Phi) is 42.9. The van der Waals surface area contributed by atoms with Crippen molar-refractivity contribution in [1.29, 1.82) is 0 Å². The average Bonchev–Trinajstić information content (AvgIpc) is 3.11. The van der Waals surface area contributed by atoms with Gasteiger partial charge in [0.05, 0.1) is 139 Å². The van der Waals surface area contributed by atoms with E-state index in [2.05, 4.69) is 0 Å². The van der Waals surface area contributed by atoms with Crippen molar-refractivity contribution in [3.05, 3.63) is 0 Å². The maximum absolute atomic E-state index is 11.5. The third-order valence-corrected chi connectivity index (χ3v) is 6.67. The molecule has 0 aliphatic heterocycles. The van der Waals surface area contributed by atoms with E-state index in [1.54, 1.807) is 0 Å². The van der Waals surface area contributed by atoms with Gasteiger partial charge in [-0.25, -0.2) is 0 Å². The number of halogens is 1. The highest BCUT2D eigenvalue weighted by Crippen LogP contribution is 2.02. The number of ether oxygens (including phenoxy) is 12. The first kappa shape index (κ1) is 48.8. The summed E-state index contributed by atoms with van der Waals surface area (Å²) in [5.41, 5.74) is 0. The molecule has 0 spiro atoms. The van der Waals surface area contributed by atoms with Crippen molar-refractivity contribution in [2.45, 2.75) is 51.4 Å². The fraction of sp³-hybridized carbons (Fsp3) is 0.941. The van der Waals surface area contributed by atoms with Crippen molar-refractivity contribution in [3.8, 4) is 0 Å². The molecule has 298 valence electrons. The molecular weight excluding hydrogens is 684 g/mol. The van der Waals surface area contributed by atoms with E-state index in [-0.39, 0.29) is 32.0 Å². The maximum Gasteiger partial charge on any atom is 0.305 e. The van der Waals surface area contributed by atoms with Crippen LogP contribution in [-0.4, -0.2) is 175 Å². The minimum absolute atomic E-state index is 0.0597. The van der Waals surface area contributed by atoms with E-state index in [0.717, 1.165) is 38.2 Å². The lowest BCUT2D eigenvalue weighted by molar-refractivity contribution is -0.146. The molecule has 0 saturated carbocycles. The summed E-state index contributed by atoms with van der Waals surface area (Å²) in [4.78, 5) is 21.9. The molecule has 1 N–H and O–H groups in total. The Morgan fingerprint density at radius 1 is 0.340 bits per heavy atom. The second-order valence-electron chi connectivity index (χ2n) is 10.7. The van der Waals surface area contributed by atoms with Crippen LogP contribution < -0.4 is 0 Å². The van der Waals surface area contributed by atoms with Gasteiger partial charge in [-0.3, -0.25) is 9.59 Å². The fourth-order valence-electron chi connectivity index (χ4n) is 3.79. The van der Waals surface area contributed by atoms with E-state index < -0.39 is 5.97 Å². The second-order valence-corrected chi connectivity index (χ2v) is 11.0. The summed E-state index contributed by atoms with van der Waals surface area (Å²) >= 11 is 5.65. The monoisotopic (exact) mass is 748 g/mol. The number of carbonyl (C=O) groups is 2. The highest BCUT2D eigenvalue weighted by atomic mass is 35.5. The minimum Gasteiger partial charge on any atom is -0.481 e. The molecule has 0 aliphatic carbocycles. The molecular formula is C34H65ClO15. The SMILES string of the molecule is O=C(O)CCCCC(=O)OCCOCCOCCOCCOCCOCCOCCOCCOCCOCCOCCOCCCCCCCl. The van der Waals surface area contributed by atoms with Crippen molar-refractivity contribution in [2.75, 3.05) is 158 Å². The Labute approximate surface area is 304 Å². The number of aliphatic carboxylic acids is 1. The lowest BCUT2D eigenvalue weighted by Gasteiger charge is -2.09. The summed E-state index contributed by atoms with van der Waals surface area (Å²) < 4.78 is 65.0. The molecule has 0 rings (SSSR count). The topological polar surface area (TPSA) is 165 Å². The summed E-state index contributed by atoms with van der Waals surface area (Å²) in [6, 6.07) is 0. The summed E-state index contributed by atoms with van der Waals surface area (Å²) in [6.07, 6.45) is 5.70. The molecule has 0 atom stereocenters. The van der Waals surface area contributed by atoms with Crippen LogP contribution in [0.25, 0.3) is 0 Å². The van der Waals surface area contributed by atoms with Gasteiger partial charge in [0.15, 0.2) is 0 Å². The van der Waals surface area contributed by atoms with Gasteiger partial charge in [-0.2, -0.15) is 0 Å². The smallest absolute Gasteiger partial charge is 0.305 e. The van der Waals surface area contributed by atoms with Crippen LogP contribution in [0.5, 0.6) is 0 Å². The van der Waals surface area contributed by atoms with Crippen LogP contribution in [0.1, 0.15) is 51.4 Å². The van der Waals surface area contributed by atoms with Gasteiger partial charge in [0.1, 0.15) is 6.61 Å². The van der Waals surface area contributed by atoms with Crippen LogP contribution in [0.2, 0.25) is 0 Å². The first-order valence-corrected chi connectivity index (χ1v) is 18.5. The fourth-order valence-corrected chi connectivity index (χ4v) is 3.97. The molecule has 50 heavy (non-hydrogen) atoms. The Hall–Kier alpha value is -1.21.